The van der Waals surface area contributed by atoms with Crippen molar-refractivity contribution in [3.05, 3.63) is 29.8 Å². The zero-order chi connectivity index (χ0) is 19.8. The van der Waals surface area contributed by atoms with Gasteiger partial charge in [0, 0.05) is 12.6 Å². The van der Waals surface area contributed by atoms with Crippen molar-refractivity contribution in [1.29, 1.82) is 0 Å². The van der Waals surface area contributed by atoms with E-state index in [0.29, 0.717) is 18.3 Å². The third kappa shape index (κ3) is 5.02. The summed E-state index contributed by atoms with van der Waals surface area (Å²) in [5.41, 5.74) is 0.482. The summed E-state index contributed by atoms with van der Waals surface area (Å²) in [6.45, 7) is 8.35. The first kappa shape index (κ1) is 20.1. The summed E-state index contributed by atoms with van der Waals surface area (Å²) in [5.74, 6) is 1.09. The van der Waals surface area contributed by atoms with E-state index in [2.05, 4.69) is 0 Å². The number of likely N-dealkylation sites (tertiary alicyclic amines) is 1. The lowest BCUT2D eigenvalue weighted by molar-refractivity contribution is 0.0181. The van der Waals surface area contributed by atoms with Gasteiger partial charge in [-0.25, -0.2) is 4.79 Å². The second-order valence-corrected chi connectivity index (χ2v) is 10.2. The third-order valence-electron chi connectivity index (χ3n) is 5.12. The molecule has 1 saturated heterocycles. The van der Waals surface area contributed by atoms with E-state index in [1.54, 1.807) is 24.3 Å². The molecule has 0 spiro atoms. The molecule has 0 aromatic heterocycles. The first-order chi connectivity index (χ1) is 12.6. The number of nitrogens with zero attached hydrogens (tertiary/aromatic N) is 1. The Hall–Kier alpha value is -1.60. The Kier molecular flexibility index (Phi) is 5.54. The third-order valence-corrected chi connectivity index (χ3v) is 6.45. The SMILES string of the molecule is Cc1ccc(S(=O)(=O)OCCC[C@@H]2[C@@H]3C[C@@H]3CN2C(=O)OC(C)(C)C)cc1. The van der Waals surface area contributed by atoms with Gasteiger partial charge in [0.25, 0.3) is 10.1 Å². The number of rotatable bonds is 6. The normalized spacial score (nSPS) is 24.6. The van der Waals surface area contributed by atoms with E-state index in [1.807, 2.05) is 32.6 Å². The van der Waals surface area contributed by atoms with Crippen molar-refractivity contribution in [1.82, 2.24) is 4.90 Å². The Balaban J connectivity index is 1.50. The number of hydrogen-bond donors (Lipinski definition) is 0. The Morgan fingerprint density at radius 2 is 1.89 bits per heavy atom. The zero-order valence-corrected chi connectivity index (χ0v) is 17.3. The van der Waals surface area contributed by atoms with E-state index in [0.717, 1.165) is 24.9 Å². The number of benzene rings is 1. The van der Waals surface area contributed by atoms with Gasteiger partial charge in [-0.05, 0) is 70.9 Å². The lowest BCUT2D eigenvalue weighted by atomic mass is 10.1. The van der Waals surface area contributed by atoms with Crippen LogP contribution in [0.15, 0.2) is 29.2 Å². The highest BCUT2D eigenvalue weighted by Gasteiger charge is 2.54. The average molecular weight is 396 g/mol. The molecule has 6 nitrogen and oxygen atoms in total. The molecule has 1 aromatic carbocycles. The summed E-state index contributed by atoms with van der Waals surface area (Å²) in [4.78, 5) is 14.4. The van der Waals surface area contributed by atoms with Crippen LogP contribution in [-0.4, -0.2) is 44.2 Å². The molecule has 1 amide bonds. The first-order valence-electron chi connectivity index (χ1n) is 9.52. The predicted octanol–water partition coefficient (Wildman–Crippen LogP) is 3.74. The van der Waals surface area contributed by atoms with Gasteiger partial charge >= 0.3 is 6.09 Å². The van der Waals surface area contributed by atoms with Gasteiger partial charge in [0.2, 0.25) is 0 Å². The highest BCUT2D eigenvalue weighted by Crippen LogP contribution is 2.51. The standard InChI is InChI=1S/C20H29NO5S/c1-14-7-9-16(10-8-14)27(23,24)25-11-5-6-18-17-12-15(17)13-21(18)19(22)26-20(2,3)4/h7-10,15,17-18H,5-6,11-13H2,1-4H3/t15-,17-,18-/m1/s1. The largest absolute Gasteiger partial charge is 0.444 e. The molecule has 0 unspecified atom stereocenters. The summed E-state index contributed by atoms with van der Waals surface area (Å²) in [5, 5.41) is 0. The minimum atomic E-state index is -3.74. The van der Waals surface area contributed by atoms with E-state index in [-0.39, 0.29) is 23.6 Å². The molecular formula is C20H29NO5S. The molecular weight excluding hydrogens is 366 g/mol. The number of carbonyl (C=O) groups excluding carboxylic acids is 1. The van der Waals surface area contributed by atoms with Crippen LogP contribution in [0.25, 0.3) is 0 Å². The van der Waals surface area contributed by atoms with E-state index in [9.17, 15) is 13.2 Å². The molecule has 1 saturated carbocycles. The Labute approximate surface area is 162 Å². The van der Waals surface area contributed by atoms with Crippen molar-refractivity contribution in [2.45, 2.75) is 63.5 Å². The van der Waals surface area contributed by atoms with Crippen molar-refractivity contribution in [2.75, 3.05) is 13.2 Å². The van der Waals surface area contributed by atoms with Crippen molar-refractivity contribution in [3.8, 4) is 0 Å². The maximum absolute atomic E-state index is 12.4. The first-order valence-corrected chi connectivity index (χ1v) is 10.9. The molecule has 1 heterocycles. The van der Waals surface area contributed by atoms with E-state index < -0.39 is 15.7 Å². The van der Waals surface area contributed by atoms with Crippen LogP contribution in [0.3, 0.4) is 0 Å². The Morgan fingerprint density at radius 3 is 2.52 bits per heavy atom. The van der Waals surface area contributed by atoms with Crippen molar-refractivity contribution < 1.29 is 22.1 Å². The molecule has 2 aliphatic rings. The number of carbonyl (C=O) groups is 1. The molecule has 0 radical (unpaired) electrons. The highest BCUT2D eigenvalue weighted by atomic mass is 32.2. The average Bonchev–Trinajstić information content (AvgIpc) is 3.23. The molecule has 1 aliphatic heterocycles. The number of amides is 1. The Morgan fingerprint density at radius 1 is 1.22 bits per heavy atom. The van der Waals surface area contributed by atoms with Gasteiger partial charge < -0.3 is 9.64 Å². The van der Waals surface area contributed by atoms with Gasteiger partial charge in [0.05, 0.1) is 11.5 Å². The molecule has 2 fully saturated rings. The topological polar surface area (TPSA) is 72.9 Å². The number of piperidine rings is 1. The van der Waals surface area contributed by atoms with E-state index in [4.69, 9.17) is 8.92 Å². The fraction of sp³-hybridized carbons (Fsp3) is 0.650. The second kappa shape index (κ2) is 7.43. The summed E-state index contributed by atoms with van der Waals surface area (Å²) in [7, 11) is -3.74. The van der Waals surface area contributed by atoms with Crippen LogP contribution in [0.4, 0.5) is 4.79 Å². The predicted molar refractivity (Wildman–Crippen MR) is 102 cm³/mol. The molecule has 7 heteroatoms. The molecule has 150 valence electrons. The summed E-state index contributed by atoms with van der Waals surface area (Å²) in [6, 6.07) is 6.73. The fourth-order valence-corrected chi connectivity index (χ4v) is 4.65. The minimum Gasteiger partial charge on any atom is -0.444 e. The van der Waals surface area contributed by atoms with Crippen molar-refractivity contribution in [2.24, 2.45) is 11.8 Å². The van der Waals surface area contributed by atoms with Crippen LogP contribution in [0.2, 0.25) is 0 Å². The van der Waals surface area contributed by atoms with Crippen LogP contribution in [0.5, 0.6) is 0 Å². The summed E-state index contributed by atoms with van der Waals surface area (Å²) < 4.78 is 35.2. The number of hydrogen-bond acceptors (Lipinski definition) is 5. The molecule has 3 atom stereocenters. The van der Waals surface area contributed by atoms with Crippen LogP contribution in [0, 0.1) is 18.8 Å². The van der Waals surface area contributed by atoms with Gasteiger partial charge in [0.15, 0.2) is 0 Å². The van der Waals surface area contributed by atoms with Crippen LogP contribution in [-0.2, 0) is 19.0 Å². The van der Waals surface area contributed by atoms with Gasteiger partial charge in [-0.15, -0.1) is 0 Å². The molecule has 3 rings (SSSR count). The number of ether oxygens (including phenoxy) is 1. The molecule has 0 N–H and O–H groups in total. The van der Waals surface area contributed by atoms with Crippen LogP contribution in [0.1, 0.15) is 45.6 Å². The van der Waals surface area contributed by atoms with Gasteiger partial charge in [-0.1, -0.05) is 17.7 Å². The highest BCUT2D eigenvalue weighted by molar-refractivity contribution is 7.86. The monoisotopic (exact) mass is 395 g/mol. The summed E-state index contributed by atoms with van der Waals surface area (Å²) >= 11 is 0. The molecule has 1 aliphatic carbocycles. The van der Waals surface area contributed by atoms with Crippen LogP contribution >= 0.6 is 0 Å². The minimum absolute atomic E-state index is 0.117. The van der Waals surface area contributed by atoms with Crippen molar-refractivity contribution in [3.63, 3.8) is 0 Å². The second-order valence-electron chi connectivity index (χ2n) is 8.59. The number of aryl methyl sites for hydroxylation is 1. The quantitative estimate of drug-likeness (QED) is 0.542. The zero-order valence-electron chi connectivity index (χ0n) is 16.5. The fourth-order valence-electron chi connectivity index (χ4n) is 3.71. The lowest BCUT2D eigenvalue weighted by Crippen LogP contribution is -2.42. The number of fused-ring (bicyclic) bond motifs is 1. The summed E-state index contributed by atoms with van der Waals surface area (Å²) in [6.07, 6.45) is 2.18. The lowest BCUT2D eigenvalue weighted by Gasteiger charge is -2.30. The van der Waals surface area contributed by atoms with E-state index >= 15 is 0 Å². The van der Waals surface area contributed by atoms with Crippen molar-refractivity contribution >= 4 is 16.2 Å². The van der Waals surface area contributed by atoms with Crippen LogP contribution < -0.4 is 0 Å². The Bertz CT molecular complexity index is 782. The van der Waals surface area contributed by atoms with E-state index in [1.165, 1.54) is 0 Å². The maximum atomic E-state index is 12.4. The molecule has 1 aromatic rings. The maximum Gasteiger partial charge on any atom is 0.410 e. The van der Waals surface area contributed by atoms with Gasteiger partial charge in [0.1, 0.15) is 5.60 Å². The molecule has 27 heavy (non-hydrogen) atoms. The van der Waals surface area contributed by atoms with Gasteiger partial charge in [-0.3, -0.25) is 4.18 Å². The smallest absolute Gasteiger partial charge is 0.410 e. The van der Waals surface area contributed by atoms with Gasteiger partial charge in [-0.2, -0.15) is 8.42 Å². The molecule has 0 bridgehead atoms.